The van der Waals surface area contributed by atoms with Gasteiger partial charge in [-0.2, -0.15) is 0 Å². The van der Waals surface area contributed by atoms with Crippen molar-refractivity contribution >= 4 is 17.8 Å². The van der Waals surface area contributed by atoms with Crippen LogP contribution in [0.4, 0.5) is 0 Å². The van der Waals surface area contributed by atoms with E-state index in [0.717, 1.165) is 5.56 Å². The Labute approximate surface area is 194 Å². The summed E-state index contributed by atoms with van der Waals surface area (Å²) in [5, 5.41) is 0. The van der Waals surface area contributed by atoms with Crippen LogP contribution in [0.2, 0.25) is 0 Å². The molecule has 8 nitrogen and oxygen atoms in total. The monoisotopic (exact) mass is 453 g/mol. The van der Waals surface area contributed by atoms with E-state index in [4.69, 9.17) is 9.47 Å². The van der Waals surface area contributed by atoms with Gasteiger partial charge >= 0.3 is 5.97 Å². The summed E-state index contributed by atoms with van der Waals surface area (Å²) < 4.78 is 10.6. The Bertz CT molecular complexity index is 899. The predicted octanol–water partition coefficient (Wildman–Crippen LogP) is 2.68. The molecule has 0 bridgehead atoms. The molecule has 2 heterocycles. The van der Waals surface area contributed by atoms with Gasteiger partial charge in [-0.1, -0.05) is 24.3 Å². The number of aromatic nitrogens is 1. The van der Waals surface area contributed by atoms with Crippen LogP contribution in [0.25, 0.3) is 0 Å². The van der Waals surface area contributed by atoms with Crippen LogP contribution in [-0.2, 0) is 25.7 Å². The van der Waals surface area contributed by atoms with Gasteiger partial charge in [-0.15, -0.1) is 0 Å². The molecule has 3 rings (SSSR count). The molecule has 0 aliphatic carbocycles. The first-order valence-corrected chi connectivity index (χ1v) is 11.4. The number of piperidine rings is 1. The molecule has 8 heteroatoms. The van der Waals surface area contributed by atoms with Crippen molar-refractivity contribution in [3.8, 4) is 5.75 Å². The van der Waals surface area contributed by atoms with Crippen LogP contribution in [0.1, 0.15) is 31.7 Å². The first-order chi connectivity index (χ1) is 16.1. The number of likely N-dealkylation sites (tertiary alicyclic amines) is 1. The number of hydrogen-bond donors (Lipinski definition) is 0. The zero-order chi connectivity index (χ0) is 23.5. The average Bonchev–Trinajstić information content (AvgIpc) is 2.86. The van der Waals surface area contributed by atoms with Crippen molar-refractivity contribution < 1.29 is 23.9 Å². The van der Waals surface area contributed by atoms with Crippen molar-refractivity contribution in [2.45, 2.75) is 32.7 Å². The smallest absolute Gasteiger partial charge is 0.307 e. The minimum absolute atomic E-state index is 0.00390. The Kier molecular flexibility index (Phi) is 9.23. The van der Waals surface area contributed by atoms with E-state index in [1.807, 2.05) is 42.5 Å². The standard InChI is InChI=1S/C25H31N3O5/c1-2-32-24(30)12-16-28(18-20-7-6-13-26-17-20)25(31)21-10-14-27(15-11-21)23(29)19-33-22-8-4-3-5-9-22/h3-9,13,17,21H,2,10-12,14-16,18-19H2,1H3. The molecule has 1 aromatic carbocycles. The molecule has 1 saturated heterocycles. The van der Waals surface area contributed by atoms with Crippen molar-refractivity contribution in [3.05, 3.63) is 60.4 Å². The minimum atomic E-state index is -0.319. The number of carbonyl (C=O) groups is 3. The van der Waals surface area contributed by atoms with Gasteiger partial charge in [-0.25, -0.2) is 0 Å². The van der Waals surface area contributed by atoms with E-state index in [1.54, 1.807) is 29.1 Å². The van der Waals surface area contributed by atoms with Gasteiger partial charge in [0.2, 0.25) is 5.91 Å². The van der Waals surface area contributed by atoms with E-state index in [1.165, 1.54) is 0 Å². The summed E-state index contributed by atoms with van der Waals surface area (Å²) in [6.07, 6.45) is 4.72. The lowest BCUT2D eigenvalue weighted by Crippen LogP contribution is -2.45. The lowest BCUT2D eigenvalue weighted by atomic mass is 9.95. The van der Waals surface area contributed by atoms with E-state index >= 15 is 0 Å². The summed E-state index contributed by atoms with van der Waals surface area (Å²) >= 11 is 0. The number of carbonyl (C=O) groups excluding carboxylic acids is 3. The van der Waals surface area contributed by atoms with Crippen molar-refractivity contribution in [1.29, 1.82) is 0 Å². The third kappa shape index (κ3) is 7.59. The molecule has 2 aromatic rings. The maximum absolute atomic E-state index is 13.3. The van der Waals surface area contributed by atoms with Crippen LogP contribution in [0, 0.1) is 5.92 Å². The number of para-hydroxylation sites is 1. The lowest BCUT2D eigenvalue weighted by Gasteiger charge is -2.34. The van der Waals surface area contributed by atoms with Gasteiger partial charge < -0.3 is 19.3 Å². The molecule has 33 heavy (non-hydrogen) atoms. The first-order valence-electron chi connectivity index (χ1n) is 11.4. The van der Waals surface area contributed by atoms with E-state index in [2.05, 4.69) is 4.98 Å². The summed E-state index contributed by atoms with van der Waals surface area (Å²) in [4.78, 5) is 45.2. The minimum Gasteiger partial charge on any atom is -0.484 e. The lowest BCUT2D eigenvalue weighted by molar-refractivity contribution is -0.146. The number of hydrogen-bond acceptors (Lipinski definition) is 6. The molecule has 2 amide bonds. The molecule has 0 unspecified atom stereocenters. The van der Waals surface area contributed by atoms with Crippen LogP contribution in [-0.4, -0.2) is 65.4 Å². The van der Waals surface area contributed by atoms with E-state index < -0.39 is 0 Å². The van der Waals surface area contributed by atoms with Crippen molar-refractivity contribution in [3.63, 3.8) is 0 Å². The molecule has 176 valence electrons. The normalized spacial score (nSPS) is 13.9. The molecule has 0 saturated carbocycles. The Balaban J connectivity index is 1.53. The molecule has 0 radical (unpaired) electrons. The topological polar surface area (TPSA) is 89.0 Å². The first kappa shape index (κ1) is 24.2. The van der Waals surface area contributed by atoms with Crippen LogP contribution in [0.3, 0.4) is 0 Å². The molecule has 1 aliphatic rings. The third-order valence-electron chi connectivity index (χ3n) is 5.60. The molecule has 0 atom stereocenters. The number of benzene rings is 1. The van der Waals surface area contributed by atoms with Gasteiger partial charge in [0.25, 0.3) is 5.91 Å². The number of pyridine rings is 1. The molecular formula is C25H31N3O5. The van der Waals surface area contributed by atoms with Crippen LogP contribution in [0.5, 0.6) is 5.75 Å². The molecule has 1 aromatic heterocycles. The summed E-state index contributed by atoms with van der Waals surface area (Å²) in [5.41, 5.74) is 0.903. The quantitative estimate of drug-likeness (QED) is 0.514. The summed E-state index contributed by atoms with van der Waals surface area (Å²) in [5.74, 6) is 0.0573. The fourth-order valence-corrected chi connectivity index (χ4v) is 3.83. The van der Waals surface area contributed by atoms with Gasteiger partial charge in [0.1, 0.15) is 5.75 Å². The molecule has 1 fully saturated rings. The van der Waals surface area contributed by atoms with Crippen molar-refractivity contribution in [2.24, 2.45) is 5.92 Å². The summed E-state index contributed by atoms with van der Waals surface area (Å²) in [6.45, 7) is 3.74. The molecule has 0 N–H and O–H groups in total. The van der Waals surface area contributed by atoms with Gasteiger partial charge in [0, 0.05) is 44.5 Å². The maximum atomic E-state index is 13.3. The second-order valence-electron chi connectivity index (χ2n) is 7.93. The van der Waals surface area contributed by atoms with Crippen molar-refractivity contribution in [1.82, 2.24) is 14.8 Å². The van der Waals surface area contributed by atoms with E-state index in [0.29, 0.717) is 44.8 Å². The van der Waals surface area contributed by atoms with E-state index in [-0.39, 0.29) is 43.3 Å². The highest BCUT2D eigenvalue weighted by atomic mass is 16.5. The zero-order valence-corrected chi connectivity index (χ0v) is 19.0. The number of amides is 2. The van der Waals surface area contributed by atoms with Gasteiger partial charge in [0.05, 0.1) is 13.0 Å². The highest BCUT2D eigenvalue weighted by Crippen LogP contribution is 2.21. The van der Waals surface area contributed by atoms with Gasteiger partial charge in [-0.05, 0) is 43.5 Å². The summed E-state index contributed by atoms with van der Waals surface area (Å²) in [6, 6.07) is 13.0. The maximum Gasteiger partial charge on any atom is 0.307 e. The van der Waals surface area contributed by atoms with Crippen LogP contribution >= 0.6 is 0 Å². The highest BCUT2D eigenvalue weighted by Gasteiger charge is 2.30. The number of ether oxygens (including phenoxy) is 2. The SMILES string of the molecule is CCOC(=O)CCN(Cc1cccnc1)C(=O)C1CCN(C(=O)COc2ccccc2)CC1. The highest BCUT2D eigenvalue weighted by molar-refractivity contribution is 5.81. The molecule has 1 aliphatic heterocycles. The Morgan fingerprint density at radius 1 is 1.09 bits per heavy atom. The van der Waals surface area contributed by atoms with Crippen molar-refractivity contribution in [2.75, 3.05) is 32.8 Å². The number of esters is 1. The fourth-order valence-electron chi connectivity index (χ4n) is 3.83. The molecular weight excluding hydrogens is 422 g/mol. The van der Waals surface area contributed by atoms with Gasteiger partial charge in [-0.3, -0.25) is 19.4 Å². The van der Waals surface area contributed by atoms with Crippen LogP contribution < -0.4 is 4.74 Å². The predicted molar refractivity (Wildman–Crippen MR) is 122 cm³/mol. The Morgan fingerprint density at radius 3 is 2.52 bits per heavy atom. The van der Waals surface area contributed by atoms with Gasteiger partial charge in [0.15, 0.2) is 6.61 Å². The Hall–Kier alpha value is -3.42. The average molecular weight is 454 g/mol. The van der Waals surface area contributed by atoms with Crippen LogP contribution in [0.15, 0.2) is 54.9 Å². The Morgan fingerprint density at radius 2 is 1.85 bits per heavy atom. The largest absolute Gasteiger partial charge is 0.484 e. The zero-order valence-electron chi connectivity index (χ0n) is 19.0. The second kappa shape index (κ2) is 12.6. The third-order valence-corrected chi connectivity index (χ3v) is 5.60. The number of nitrogens with zero attached hydrogens (tertiary/aromatic N) is 3. The number of rotatable bonds is 10. The second-order valence-corrected chi connectivity index (χ2v) is 7.93. The fraction of sp³-hybridized carbons (Fsp3) is 0.440. The molecule has 0 spiro atoms. The van der Waals surface area contributed by atoms with E-state index in [9.17, 15) is 14.4 Å². The summed E-state index contributed by atoms with van der Waals surface area (Å²) in [7, 11) is 0.